The fourth-order valence-electron chi connectivity index (χ4n) is 2.79. The van der Waals surface area contributed by atoms with Crippen LogP contribution in [-0.2, 0) is 11.5 Å². The van der Waals surface area contributed by atoms with Gasteiger partial charge in [-0.1, -0.05) is 91.5 Å². The molecule has 3 rings (SSSR count). The number of hydrogen-bond acceptors (Lipinski definition) is 4. The molecule has 154 valence electrons. The number of aliphatic hydroxyl groups excluding tert-OH is 1. The lowest BCUT2D eigenvalue weighted by atomic mass is 10.1. The highest BCUT2D eigenvalue weighted by Gasteiger charge is 2.25. The van der Waals surface area contributed by atoms with Gasteiger partial charge in [0, 0.05) is 19.6 Å². The Morgan fingerprint density at radius 2 is 1.69 bits per heavy atom. The van der Waals surface area contributed by atoms with Crippen LogP contribution in [0.4, 0.5) is 0 Å². The van der Waals surface area contributed by atoms with Gasteiger partial charge >= 0.3 is 0 Å². The predicted octanol–water partition coefficient (Wildman–Crippen LogP) is 6.08. The molecular formula is C22H27ClN2O2SSi. The lowest BCUT2D eigenvalue weighted by Crippen LogP contribution is -2.22. The van der Waals surface area contributed by atoms with Crippen molar-refractivity contribution in [2.24, 2.45) is 0 Å². The van der Waals surface area contributed by atoms with Crippen molar-refractivity contribution in [1.29, 1.82) is 0 Å². The molecule has 0 bridgehead atoms. The van der Waals surface area contributed by atoms with E-state index in [0.29, 0.717) is 24.1 Å². The SMILES string of the molecule is C[Si](C)(C)CCOCn1nc(Cl)c(C(O)c2ccccc2)c1Sc1ccccc1. The van der Waals surface area contributed by atoms with Crippen LogP contribution >= 0.6 is 23.4 Å². The van der Waals surface area contributed by atoms with Crippen LogP contribution < -0.4 is 0 Å². The average molecular weight is 447 g/mol. The van der Waals surface area contributed by atoms with Gasteiger partial charge in [0.25, 0.3) is 0 Å². The fraction of sp³-hybridized carbons (Fsp3) is 0.318. The molecule has 0 aliphatic rings. The van der Waals surface area contributed by atoms with Crippen LogP contribution in [-0.4, -0.2) is 29.6 Å². The number of aromatic nitrogens is 2. The molecule has 1 aromatic heterocycles. The Morgan fingerprint density at radius 3 is 2.31 bits per heavy atom. The van der Waals surface area contributed by atoms with Crippen molar-refractivity contribution in [2.45, 2.75) is 48.4 Å². The Bertz CT molecular complexity index is 914. The quantitative estimate of drug-likeness (QED) is 0.319. The van der Waals surface area contributed by atoms with Crippen molar-refractivity contribution >= 4 is 31.4 Å². The maximum absolute atomic E-state index is 11.0. The Morgan fingerprint density at radius 1 is 1.07 bits per heavy atom. The first-order valence-electron chi connectivity index (χ1n) is 9.65. The molecule has 0 radical (unpaired) electrons. The number of aliphatic hydroxyl groups is 1. The van der Waals surface area contributed by atoms with Gasteiger partial charge in [0.05, 0.1) is 5.56 Å². The van der Waals surface area contributed by atoms with Crippen molar-refractivity contribution in [3.8, 4) is 0 Å². The summed E-state index contributed by atoms with van der Waals surface area (Å²) in [6.07, 6.45) is -0.856. The molecular weight excluding hydrogens is 420 g/mol. The van der Waals surface area contributed by atoms with Crippen LogP contribution in [0.5, 0.6) is 0 Å². The second kappa shape index (κ2) is 9.96. The summed E-state index contributed by atoms with van der Waals surface area (Å²) in [4.78, 5) is 1.05. The van der Waals surface area contributed by atoms with Crippen molar-refractivity contribution in [1.82, 2.24) is 9.78 Å². The predicted molar refractivity (Wildman–Crippen MR) is 122 cm³/mol. The zero-order chi connectivity index (χ0) is 20.9. The molecule has 29 heavy (non-hydrogen) atoms. The van der Waals surface area contributed by atoms with E-state index in [1.165, 1.54) is 11.8 Å². The van der Waals surface area contributed by atoms with E-state index >= 15 is 0 Å². The average Bonchev–Trinajstić information content (AvgIpc) is 3.00. The highest BCUT2D eigenvalue weighted by Crippen LogP contribution is 2.39. The third kappa shape index (κ3) is 6.20. The molecule has 1 N–H and O–H groups in total. The number of nitrogens with zero attached hydrogens (tertiary/aromatic N) is 2. The van der Waals surface area contributed by atoms with Crippen molar-refractivity contribution < 1.29 is 9.84 Å². The van der Waals surface area contributed by atoms with Gasteiger partial charge in [-0.3, -0.25) is 0 Å². The molecule has 1 heterocycles. The third-order valence-electron chi connectivity index (χ3n) is 4.45. The number of benzene rings is 2. The van der Waals surface area contributed by atoms with Gasteiger partial charge in [-0.25, -0.2) is 4.68 Å². The number of rotatable bonds is 9. The zero-order valence-electron chi connectivity index (χ0n) is 17.0. The van der Waals surface area contributed by atoms with Gasteiger partial charge < -0.3 is 9.84 Å². The minimum absolute atomic E-state index is 0.300. The van der Waals surface area contributed by atoms with E-state index in [9.17, 15) is 5.11 Å². The minimum atomic E-state index is -1.16. The lowest BCUT2D eigenvalue weighted by Gasteiger charge is -2.16. The highest BCUT2D eigenvalue weighted by molar-refractivity contribution is 7.99. The molecule has 0 saturated heterocycles. The molecule has 0 amide bonds. The molecule has 1 unspecified atom stereocenters. The van der Waals surface area contributed by atoms with Gasteiger partial charge in [-0.05, 0) is 23.7 Å². The summed E-state index contributed by atoms with van der Waals surface area (Å²) in [5.41, 5.74) is 1.39. The number of halogens is 1. The van der Waals surface area contributed by atoms with Gasteiger partial charge in [0.1, 0.15) is 17.9 Å². The Balaban J connectivity index is 1.89. The normalized spacial score (nSPS) is 12.9. The van der Waals surface area contributed by atoms with Gasteiger partial charge in [-0.2, -0.15) is 5.10 Å². The van der Waals surface area contributed by atoms with Crippen molar-refractivity contribution in [3.05, 3.63) is 76.9 Å². The second-order valence-electron chi connectivity index (χ2n) is 8.09. The van der Waals surface area contributed by atoms with Gasteiger partial charge in [-0.15, -0.1) is 0 Å². The Kier molecular flexibility index (Phi) is 7.59. The fourth-order valence-corrected chi connectivity index (χ4v) is 4.92. The maximum Gasteiger partial charge on any atom is 0.158 e. The Hall–Kier alpha value is -1.57. The van der Waals surface area contributed by atoms with Crippen LogP contribution in [0.3, 0.4) is 0 Å². The lowest BCUT2D eigenvalue weighted by molar-refractivity contribution is 0.0721. The molecule has 0 fully saturated rings. The third-order valence-corrected chi connectivity index (χ3v) is 7.57. The van der Waals surface area contributed by atoms with Gasteiger partial charge in [0.15, 0.2) is 5.15 Å². The van der Waals surface area contributed by atoms with Crippen molar-refractivity contribution in [3.63, 3.8) is 0 Å². The molecule has 0 spiro atoms. The molecule has 2 aromatic carbocycles. The summed E-state index contributed by atoms with van der Waals surface area (Å²) in [6.45, 7) is 7.98. The largest absolute Gasteiger partial charge is 0.383 e. The summed E-state index contributed by atoms with van der Waals surface area (Å²) in [7, 11) is -1.16. The molecule has 3 aromatic rings. The summed E-state index contributed by atoms with van der Waals surface area (Å²) < 4.78 is 7.67. The second-order valence-corrected chi connectivity index (χ2v) is 15.1. The standard InChI is InChI=1S/C22H27ClN2O2SSi/c1-29(2,3)15-14-27-16-25-22(28-18-12-8-5-9-13-18)19(21(23)24-25)20(26)17-10-6-4-7-11-17/h4-13,20,26H,14-16H2,1-3H3. The van der Waals surface area contributed by atoms with Crippen molar-refractivity contribution in [2.75, 3.05) is 6.61 Å². The van der Waals surface area contributed by atoms with E-state index in [4.69, 9.17) is 16.3 Å². The van der Waals surface area contributed by atoms with Gasteiger partial charge in [0.2, 0.25) is 0 Å². The van der Waals surface area contributed by atoms with Crippen LogP contribution in [0.25, 0.3) is 0 Å². The number of ether oxygens (including phenoxy) is 1. The molecule has 0 aliphatic carbocycles. The molecule has 0 aliphatic heterocycles. The monoisotopic (exact) mass is 446 g/mol. The highest BCUT2D eigenvalue weighted by atomic mass is 35.5. The molecule has 0 saturated carbocycles. The Labute approximate surface area is 182 Å². The first kappa shape index (κ1) is 22.1. The smallest absolute Gasteiger partial charge is 0.158 e. The van der Waals surface area contributed by atoms with E-state index in [-0.39, 0.29) is 0 Å². The maximum atomic E-state index is 11.0. The summed E-state index contributed by atoms with van der Waals surface area (Å²) in [6, 6.07) is 20.6. The summed E-state index contributed by atoms with van der Waals surface area (Å²) in [5.74, 6) is 0. The first-order valence-corrected chi connectivity index (χ1v) is 14.6. The molecule has 4 nitrogen and oxygen atoms in total. The van der Waals surface area contributed by atoms with Crippen LogP contribution in [0.15, 0.2) is 70.6 Å². The zero-order valence-corrected chi connectivity index (χ0v) is 19.6. The van der Waals surface area contributed by atoms with Crippen LogP contribution in [0, 0.1) is 0 Å². The van der Waals surface area contributed by atoms with E-state index in [1.54, 1.807) is 4.68 Å². The van der Waals surface area contributed by atoms with Crippen LogP contribution in [0.1, 0.15) is 17.2 Å². The topological polar surface area (TPSA) is 47.3 Å². The summed E-state index contributed by atoms with van der Waals surface area (Å²) in [5, 5.41) is 16.6. The van der Waals surface area contributed by atoms with E-state index in [1.807, 2.05) is 60.7 Å². The van der Waals surface area contributed by atoms with E-state index < -0.39 is 14.2 Å². The first-order chi connectivity index (χ1) is 13.8. The van der Waals surface area contributed by atoms with E-state index in [0.717, 1.165) is 21.5 Å². The minimum Gasteiger partial charge on any atom is -0.383 e. The molecule has 7 heteroatoms. The molecule has 1 atom stereocenters. The van der Waals surface area contributed by atoms with Crippen LogP contribution in [0.2, 0.25) is 30.8 Å². The summed E-state index contributed by atoms with van der Waals surface area (Å²) >= 11 is 8.03. The number of hydrogen-bond donors (Lipinski definition) is 1. The van der Waals surface area contributed by atoms with E-state index in [2.05, 4.69) is 24.7 Å².